The maximum atomic E-state index is 3.99. The van der Waals surface area contributed by atoms with Gasteiger partial charge in [0.2, 0.25) is 0 Å². The molecular formula is C22H47N3. The molecule has 1 saturated carbocycles. The molecule has 1 rings (SSSR count). The van der Waals surface area contributed by atoms with Crippen molar-refractivity contribution in [3.05, 3.63) is 0 Å². The molecular weight excluding hydrogens is 306 g/mol. The quantitative estimate of drug-likeness (QED) is 0.301. The topological polar surface area (TPSA) is 36.1 Å². The molecule has 1 aliphatic carbocycles. The first-order valence-corrected chi connectivity index (χ1v) is 11.2. The van der Waals surface area contributed by atoms with Crippen molar-refractivity contribution < 1.29 is 0 Å². The van der Waals surface area contributed by atoms with Gasteiger partial charge in [-0.1, -0.05) is 78.6 Å². The van der Waals surface area contributed by atoms with Gasteiger partial charge in [0, 0.05) is 6.04 Å². The van der Waals surface area contributed by atoms with Gasteiger partial charge in [-0.15, -0.1) is 0 Å². The second-order valence-corrected chi connectivity index (χ2v) is 8.63. The summed E-state index contributed by atoms with van der Waals surface area (Å²) in [5.41, 5.74) is 0.0445. The van der Waals surface area contributed by atoms with E-state index in [1.807, 2.05) is 0 Å². The Kier molecular flexibility index (Phi) is 12.0. The highest BCUT2D eigenvalue weighted by Crippen LogP contribution is 2.34. The van der Waals surface area contributed by atoms with Gasteiger partial charge in [-0.2, -0.15) is 0 Å². The van der Waals surface area contributed by atoms with Crippen molar-refractivity contribution in [2.75, 3.05) is 20.6 Å². The summed E-state index contributed by atoms with van der Waals surface area (Å²) in [5, 5.41) is 11.5. The molecule has 0 radical (unpaired) electrons. The summed E-state index contributed by atoms with van der Waals surface area (Å²) in [6.45, 7) is 8.02. The Hall–Kier alpha value is -0.120. The number of nitrogens with one attached hydrogen (secondary N) is 3. The summed E-state index contributed by atoms with van der Waals surface area (Å²) in [7, 11) is 4.33. The van der Waals surface area contributed by atoms with Crippen LogP contribution >= 0.6 is 0 Å². The normalized spacial score (nSPS) is 19.9. The average Bonchev–Trinajstić information content (AvgIpc) is 2.64. The average molecular weight is 354 g/mol. The van der Waals surface area contributed by atoms with E-state index in [0.717, 1.165) is 12.5 Å². The summed E-state index contributed by atoms with van der Waals surface area (Å²) in [5.74, 6) is 1.42. The highest BCUT2D eigenvalue weighted by atomic mass is 15.2. The maximum Gasteiger partial charge on any atom is 0.0871 e. The molecule has 0 aliphatic heterocycles. The minimum atomic E-state index is 0.0445. The van der Waals surface area contributed by atoms with Crippen molar-refractivity contribution in [1.29, 1.82) is 0 Å². The third-order valence-corrected chi connectivity index (χ3v) is 6.21. The van der Waals surface area contributed by atoms with Gasteiger partial charge in [0.15, 0.2) is 0 Å². The first-order chi connectivity index (χ1) is 12.1. The zero-order chi connectivity index (χ0) is 18.5. The molecule has 1 aliphatic rings. The van der Waals surface area contributed by atoms with Gasteiger partial charge in [-0.3, -0.25) is 5.32 Å². The zero-order valence-corrected chi connectivity index (χ0v) is 17.9. The van der Waals surface area contributed by atoms with Crippen LogP contribution in [-0.2, 0) is 0 Å². The molecule has 0 aromatic rings. The highest BCUT2D eigenvalue weighted by molar-refractivity contribution is 5.01. The molecule has 0 aromatic heterocycles. The van der Waals surface area contributed by atoms with Gasteiger partial charge in [-0.05, 0) is 51.7 Å². The molecule has 0 amide bonds. The SMILES string of the molecule is CCCCCCCCC(NC)C(NC)(NCC(C)C)C1CCCCC1. The molecule has 0 saturated heterocycles. The predicted molar refractivity (Wildman–Crippen MR) is 112 cm³/mol. The maximum absolute atomic E-state index is 3.99. The minimum Gasteiger partial charge on any atom is -0.314 e. The first-order valence-electron chi connectivity index (χ1n) is 11.2. The van der Waals surface area contributed by atoms with Gasteiger partial charge in [0.05, 0.1) is 5.66 Å². The predicted octanol–water partition coefficient (Wildman–Crippen LogP) is 5.07. The summed E-state index contributed by atoms with van der Waals surface area (Å²) >= 11 is 0. The number of rotatable bonds is 14. The van der Waals surface area contributed by atoms with Crippen molar-refractivity contribution in [1.82, 2.24) is 16.0 Å². The number of unbranched alkanes of at least 4 members (excludes halogenated alkanes) is 5. The summed E-state index contributed by atoms with van der Waals surface area (Å²) in [6.07, 6.45) is 16.5. The van der Waals surface area contributed by atoms with Crippen molar-refractivity contribution in [3.8, 4) is 0 Å². The number of hydrogen-bond donors (Lipinski definition) is 3. The summed E-state index contributed by atoms with van der Waals surface area (Å²) in [6, 6.07) is 0.505. The van der Waals surface area contributed by atoms with E-state index in [9.17, 15) is 0 Å². The van der Waals surface area contributed by atoms with Crippen LogP contribution in [0.25, 0.3) is 0 Å². The fourth-order valence-electron chi connectivity index (χ4n) is 4.68. The van der Waals surface area contributed by atoms with Crippen LogP contribution in [0, 0.1) is 11.8 Å². The Morgan fingerprint density at radius 2 is 1.56 bits per heavy atom. The molecule has 25 heavy (non-hydrogen) atoms. The Morgan fingerprint density at radius 3 is 2.12 bits per heavy atom. The third-order valence-electron chi connectivity index (χ3n) is 6.21. The third kappa shape index (κ3) is 7.56. The van der Waals surface area contributed by atoms with Crippen LogP contribution in [0.1, 0.15) is 97.8 Å². The van der Waals surface area contributed by atoms with E-state index in [4.69, 9.17) is 0 Å². The largest absolute Gasteiger partial charge is 0.314 e. The van der Waals surface area contributed by atoms with Crippen molar-refractivity contribution in [2.45, 2.75) is 110 Å². The Labute approximate surface area is 158 Å². The van der Waals surface area contributed by atoms with Crippen molar-refractivity contribution >= 4 is 0 Å². The van der Waals surface area contributed by atoms with Gasteiger partial charge >= 0.3 is 0 Å². The molecule has 2 unspecified atom stereocenters. The Bertz CT molecular complexity index is 312. The first kappa shape index (κ1) is 22.9. The number of hydrogen-bond acceptors (Lipinski definition) is 3. The van der Waals surface area contributed by atoms with E-state index in [2.05, 4.69) is 50.8 Å². The van der Waals surface area contributed by atoms with Crippen LogP contribution < -0.4 is 16.0 Å². The second-order valence-electron chi connectivity index (χ2n) is 8.63. The highest BCUT2D eigenvalue weighted by Gasteiger charge is 2.43. The Balaban J connectivity index is 2.71. The molecule has 0 aromatic carbocycles. The number of likely N-dealkylation sites (N-methyl/N-ethyl adjacent to an activating group) is 2. The van der Waals surface area contributed by atoms with Crippen LogP contribution in [0.3, 0.4) is 0 Å². The molecule has 3 N–H and O–H groups in total. The zero-order valence-electron chi connectivity index (χ0n) is 17.9. The van der Waals surface area contributed by atoms with Crippen LogP contribution in [0.4, 0.5) is 0 Å². The van der Waals surface area contributed by atoms with Crippen LogP contribution in [0.2, 0.25) is 0 Å². The molecule has 3 nitrogen and oxygen atoms in total. The van der Waals surface area contributed by atoms with E-state index >= 15 is 0 Å². The summed E-state index contributed by atoms with van der Waals surface area (Å²) < 4.78 is 0. The van der Waals surface area contributed by atoms with E-state index in [1.54, 1.807) is 0 Å². The second kappa shape index (κ2) is 13.1. The van der Waals surface area contributed by atoms with Crippen molar-refractivity contribution in [2.24, 2.45) is 11.8 Å². The smallest absolute Gasteiger partial charge is 0.0871 e. The molecule has 2 atom stereocenters. The Morgan fingerprint density at radius 1 is 0.920 bits per heavy atom. The molecule has 0 spiro atoms. The van der Waals surface area contributed by atoms with Gasteiger partial charge in [-0.25, -0.2) is 0 Å². The lowest BCUT2D eigenvalue weighted by atomic mass is 9.74. The van der Waals surface area contributed by atoms with Crippen LogP contribution in [0.5, 0.6) is 0 Å². The monoisotopic (exact) mass is 353 g/mol. The van der Waals surface area contributed by atoms with Gasteiger partial charge < -0.3 is 10.6 Å². The molecule has 1 fully saturated rings. The molecule has 0 heterocycles. The molecule has 3 heteroatoms. The van der Waals surface area contributed by atoms with E-state index in [1.165, 1.54) is 77.0 Å². The van der Waals surface area contributed by atoms with Crippen LogP contribution in [-0.4, -0.2) is 32.3 Å². The fraction of sp³-hybridized carbons (Fsp3) is 1.00. The van der Waals surface area contributed by atoms with E-state index in [0.29, 0.717) is 12.0 Å². The standard InChI is InChI=1S/C22H47N3/c1-6-7-8-9-10-14-17-21(23-4)22(24-5,25-18-19(2)3)20-15-12-11-13-16-20/h19-21,23-25H,6-18H2,1-5H3. The van der Waals surface area contributed by atoms with Crippen LogP contribution in [0.15, 0.2) is 0 Å². The lowest BCUT2D eigenvalue weighted by molar-refractivity contribution is 0.0784. The lowest BCUT2D eigenvalue weighted by Gasteiger charge is -2.49. The minimum absolute atomic E-state index is 0.0445. The van der Waals surface area contributed by atoms with Gasteiger partial charge in [0.1, 0.15) is 0 Å². The van der Waals surface area contributed by atoms with E-state index < -0.39 is 0 Å². The molecule has 0 bridgehead atoms. The van der Waals surface area contributed by atoms with Crippen molar-refractivity contribution in [3.63, 3.8) is 0 Å². The van der Waals surface area contributed by atoms with Gasteiger partial charge in [0.25, 0.3) is 0 Å². The lowest BCUT2D eigenvalue weighted by Crippen LogP contribution is -2.71. The summed E-state index contributed by atoms with van der Waals surface area (Å²) in [4.78, 5) is 0. The fourth-order valence-corrected chi connectivity index (χ4v) is 4.68. The van der Waals surface area contributed by atoms with E-state index in [-0.39, 0.29) is 5.66 Å². The molecule has 150 valence electrons.